The van der Waals surface area contributed by atoms with E-state index in [9.17, 15) is 13.2 Å². The quantitative estimate of drug-likeness (QED) is 0.487. The number of ether oxygens (including phenoxy) is 2. The molecule has 6 unspecified atom stereocenters. The van der Waals surface area contributed by atoms with Gasteiger partial charge in [-0.3, -0.25) is 9.35 Å². The number of rotatable bonds is 7. The van der Waals surface area contributed by atoms with E-state index in [1.807, 2.05) is 0 Å². The number of fused-ring (bicyclic) bond motifs is 4. The molecule has 4 fully saturated rings. The van der Waals surface area contributed by atoms with Crippen molar-refractivity contribution in [2.75, 3.05) is 19.2 Å². The van der Waals surface area contributed by atoms with Gasteiger partial charge in [0.2, 0.25) is 0 Å². The van der Waals surface area contributed by atoms with Gasteiger partial charge in [-0.2, -0.15) is 8.42 Å². The highest BCUT2D eigenvalue weighted by Crippen LogP contribution is 2.66. The van der Waals surface area contributed by atoms with Crippen LogP contribution in [0.2, 0.25) is 0 Å². The lowest BCUT2D eigenvalue weighted by atomic mass is 9.61. The number of esters is 1. The Balaban J connectivity index is 0.00000240. The van der Waals surface area contributed by atoms with Crippen LogP contribution in [0.25, 0.3) is 0 Å². The second-order valence-electron chi connectivity index (χ2n) is 10.1. The molecular formula is C22H38O6S. The average Bonchev–Trinajstić information content (AvgIpc) is 3.32. The van der Waals surface area contributed by atoms with Crippen molar-refractivity contribution in [2.45, 2.75) is 53.9 Å². The van der Waals surface area contributed by atoms with Crippen LogP contribution in [0.4, 0.5) is 0 Å². The zero-order chi connectivity index (χ0) is 20.2. The first-order valence-corrected chi connectivity index (χ1v) is 12.4. The van der Waals surface area contributed by atoms with E-state index in [2.05, 4.69) is 13.8 Å². The summed E-state index contributed by atoms with van der Waals surface area (Å²) < 4.78 is 41.5. The molecule has 0 saturated heterocycles. The van der Waals surface area contributed by atoms with Gasteiger partial charge in [-0.25, -0.2) is 0 Å². The lowest BCUT2D eigenvalue weighted by Crippen LogP contribution is -2.41. The van der Waals surface area contributed by atoms with Crippen LogP contribution in [0.5, 0.6) is 0 Å². The van der Waals surface area contributed by atoms with E-state index in [1.165, 1.54) is 26.2 Å². The molecule has 0 aromatic heterocycles. The molecule has 29 heavy (non-hydrogen) atoms. The van der Waals surface area contributed by atoms with Gasteiger partial charge in [0.1, 0.15) is 0 Å². The molecule has 0 aromatic rings. The molecule has 0 heterocycles. The van der Waals surface area contributed by atoms with Crippen molar-refractivity contribution in [1.29, 1.82) is 0 Å². The highest BCUT2D eigenvalue weighted by molar-refractivity contribution is 7.85. The molecule has 4 aliphatic carbocycles. The standard InChI is InChI=1S/C21H34O6S.CH4/c1-11-14-4-16(8-26-10-28(23,24)25)19(6-14)21(11)20-12(2)18-7-15(20)5-17(18)9-27-13(3)22;/h11-12,14-21H,4-10H2,1-3H3,(H,23,24,25);1H4/t11?,12?,14-,15+,16?,17?,18-,19-,20?,21?;/m0./s1. The molecule has 0 spiro atoms. The molecule has 1 N–H and O–H groups in total. The van der Waals surface area contributed by atoms with Crippen LogP contribution in [0, 0.1) is 59.2 Å². The van der Waals surface area contributed by atoms with Crippen LogP contribution in [0.3, 0.4) is 0 Å². The Morgan fingerprint density at radius 3 is 2.14 bits per heavy atom. The van der Waals surface area contributed by atoms with Crippen molar-refractivity contribution < 1.29 is 27.2 Å². The summed E-state index contributed by atoms with van der Waals surface area (Å²) in [6.07, 6.45) is 4.81. The van der Waals surface area contributed by atoms with Gasteiger partial charge in [0, 0.05) is 6.92 Å². The third-order valence-electron chi connectivity index (χ3n) is 8.75. The number of carbonyl (C=O) groups excluding carboxylic acids is 1. The van der Waals surface area contributed by atoms with E-state index in [0.29, 0.717) is 48.7 Å². The van der Waals surface area contributed by atoms with Gasteiger partial charge in [-0.15, -0.1) is 0 Å². The Morgan fingerprint density at radius 2 is 1.55 bits per heavy atom. The third-order valence-corrected chi connectivity index (χ3v) is 9.22. The van der Waals surface area contributed by atoms with Crippen LogP contribution in [-0.4, -0.2) is 38.1 Å². The average molecular weight is 431 g/mol. The molecule has 0 radical (unpaired) electrons. The molecule has 0 aliphatic heterocycles. The first-order chi connectivity index (χ1) is 13.2. The van der Waals surface area contributed by atoms with Crippen molar-refractivity contribution in [3.8, 4) is 0 Å². The highest BCUT2D eigenvalue weighted by Gasteiger charge is 2.60. The van der Waals surface area contributed by atoms with Gasteiger partial charge in [0.25, 0.3) is 10.1 Å². The summed E-state index contributed by atoms with van der Waals surface area (Å²) in [5, 5.41) is 0. The number of hydrogen-bond donors (Lipinski definition) is 1. The molecule has 7 heteroatoms. The third kappa shape index (κ3) is 4.38. The molecule has 4 aliphatic rings. The van der Waals surface area contributed by atoms with Gasteiger partial charge in [-0.05, 0) is 84.9 Å². The first kappa shape index (κ1) is 23.0. The van der Waals surface area contributed by atoms with Gasteiger partial charge in [0.15, 0.2) is 5.94 Å². The van der Waals surface area contributed by atoms with E-state index in [0.717, 1.165) is 30.1 Å². The maximum Gasteiger partial charge on any atom is 0.302 e. The molecule has 4 rings (SSSR count). The van der Waals surface area contributed by atoms with Crippen molar-refractivity contribution in [1.82, 2.24) is 0 Å². The largest absolute Gasteiger partial charge is 0.466 e. The minimum Gasteiger partial charge on any atom is -0.466 e. The second-order valence-corrected chi connectivity index (χ2v) is 11.5. The highest BCUT2D eigenvalue weighted by atomic mass is 32.2. The fourth-order valence-electron chi connectivity index (χ4n) is 7.89. The molecule has 10 atom stereocenters. The lowest BCUT2D eigenvalue weighted by molar-refractivity contribution is -0.143. The summed E-state index contributed by atoms with van der Waals surface area (Å²) in [4.78, 5) is 11.2. The summed E-state index contributed by atoms with van der Waals surface area (Å²) in [5.41, 5.74) is 0. The van der Waals surface area contributed by atoms with Crippen LogP contribution in [-0.2, 0) is 24.4 Å². The van der Waals surface area contributed by atoms with E-state index >= 15 is 0 Å². The SMILES string of the molecule is C.CC(=O)OCC1C[C@@H]2C[C@H]1C(C)C2C1C(C)[C@H]2CC(COCS(=O)(=O)O)[C@@H]1C2. The Kier molecular flexibility index (Phi) is 6.72. The Bertz CT molecular complexity index is 704. The Labute approximate surface area is 175 Å². The van der Waals surface area contributed by atoms with Gasteiger partial charge >= 0.3 is 5.97 Å². The lowest BCUT2D eigenvalue weighted by Gasteiger charge is -2.44. The molecule has 0 aromatic carbocycles. The van der Waals surface area contributed by atoms with E-state index in [4.69, 9.17) is 14.0 Å². The number of carbonyl (C=O) groups is 1. The topological polar surface area (TPSA) is 89.9 Å². The molecular weight excluding hydrogens is 392 g/mol. The minimum atomic E-state index is -4.06. The Hall–Kier alpha value is -0.660. The van der Waals surface area contributed by atoms with Crippen molar-refractivity contribution in [3.63, 3.8) is 0 Å². The zero-order valence-corrected chi connectivity index (χ0v) is 17.9. The van der Waals surface area contributed by atoms with Gasteiger partial charge in [-0.1, -0.05) is 21.3 Å². The summed E-state index contributed by atoms with van der Waals surface area (Å²) in [5.74, 6) is 5.68. The Morgan fingerprint density at radius 1 is 0.931 bits per heavy atom. The second kappa shape index (κ2) is 8.46. The minimum absolute atomic E-state index is 0. The maximum atomic E-state index is 11.2. The van der Waals surface area contributed by atoms with Gasteiger partial charge < -0.3 is 9.47 Å². The summed E-state index contributed by atoms with van der Waals surface area (Å²) in [6.45, 7) is 7.32. The summed E-state index contributed by atoms with van der Waals surface area (Å²) >= 11 is 0. The normalized spacial score (nSPS) is 45.4. The predicted octanol–water partition coefficient (Wildman–Crippen LogP) is 3.86. The fourth-order valence-corrected chi connectivity index (χ4v) is 8.20. The van der Waals surface area contributed by atoms with Crippen molar-refractivity contribution >= 4 is 16.1 Å². The van der Waals surface area contributed by atoms with E-state index < -0.39 is 16.1 Å². The van der Waals surface area contributed by atoms with E-state index in [1.54, 1.807) is 0 Å². The molecule has 168 valence electrons. The maximum absolute atomic E-state index is 11.2. The molecule has 0 amide bonds. The van der Waals surface area contributed by atoms with Crippen molar-refractivity contribution in [2.24, 2.45) is 59.2 Å². The molecule has 4 bridgehead atoms. The first-order valence-electron chi connectivity index (χ1n) is 10.8. The molecule has 4 saturated carbocycles. The van der Waals surface area contributed by atoms with Gasteiger partial charge in [0.05, 0.1) is 13.2 Å². The summed E-state index contributed by atoms with van der Waals surface area (Å²) in [7, 11) is -4.06. The molecule has 6 nitrogen and oxygen atoms in total. The van der Waals surface area contributed by atoms with Crippen LogP contribution in [0.15, 0.2) is 0 Å². The number of hydrogen-bond acceptors (Lipinski definition) is 5. The predicted molar refractivity (Wildman–Crippen MR) is 110 cm³/mol. The smallest absolute Gasteiger partial charge is 0.302 e. The van der Waals surface area contributed by atoms with Crippen LogP contribution in [0.1, 0.15) is 53.9 Å². The zero-order valence-electron chi connectivity index (χ0n) is 17.1. The summed E-state index contributed by atoms with van der Waals surface area (Å²) in [6, 6.07) is 0. The van der Waals surface area contributed by atoms with Crippen LogP contribution >= 0.6 is 0 Å². The monoisotopic (exact) mass is 430 g/mol. The van der Waals surface area contributed by atoms with E-state index in [-0.39, 0.29) is 13.4 Å². The fraction of sp³-hybridized carbons (Fsp3) is 0.955. The van der Waals surface area contributed by atoms with Crippen molar-refractivity contribution in [3.05, 3.63) is 0 Å². The van der Waals surface area contributed by atoms with Crippen LogP contribution < -0.4 is 0 Å².